The summed E-state index contributed by atoms with van der Waals surface area (Å²) >= 11 is 0. The highest BCUT2D eigenvalue weighted by atomic mass is 16.2. The van der Waals surface area contributed by atoms with Crippen LogP contribution in [0.1, 0.15) is 55.8 Å². The van der Waals surface area contributed by atoms with Crippen LogP contribution in [0, 0.1) is 23.7 Å². The third kappa shape index (κ3) is 3.19. The molecule has 4 unspecified atom stereocenters. The standard InChI is InChI=1S/C20H26N2O2/c1-12(18-10-13-5-6-15(18)9-13)21-20(24)16-3-2-4-17(11-16)22-19(23)14-7-8-14/h2-4,11-15,18H,5-10H2,1H3,(H,21,24)(H,22,23). The van der Waals surface area contributed by atoms with Crippen LogP contribution in [0.3, 0.4) is 0 Å². The molecule has 2 amide bonds. The molecular weight excluding hydrogens is 300 g/mol. The maximum atomic E-state index is 12.6. The van der Waals surface area contributed by atoms with E-state index in [4.69, 9.17) is 0 Å². The maximum Gasteiger partial charge on any atom is 0.251 e. The van der Waals surface area contributed by atoms with Crippen molar-refractivity contribution in [1.82, 2.24) is 5.32 Å². The van der Waals surface area contributed by atoms with Crippen molar-refractivity contribution in [2.24, 2.45) is 23.7 Å². The lowest BCUT2D eigenvalue weighted by Gasteiger charge is -2.28. The third-order valence-corrected chi connectivity index (χ3v) is 6.13. The van der Waals surface area contributed by atoms with Crippen molar-refractivity contribution in [3.8, 4) is 0 Å². The van der Waals surface area contributed by atoms with Gasteiger partial charge in [0.05, 0.1) is 0 Å². The van der Waals surface area contributed by atoms with Crippen molar-refractivity contribution in [1.29, 1.82) is 0 Å². The predicted molar refractivity (Wildman–Crippen MR) is 93.7 cm³/mol. The van der Waals surface area contributed by atoms with Crippen LogP contribution in [0.2, 0.25) is 0 Å². The summed E-state index contributed by atoms with van der Waals surface area (Å²) < 4.78 is 0. The molecule has 4 atom stereocenters. The number of hydrogen-bond donors (Lipinski definition) is 2. The van der Waals surface area contributed by atoms with E-state index in [1.54, 1.807) is 6.07 Å². The maximum absolute atomic E-state index is 12.6. The molecule has 0 spiro atoms. The molecule has 0 aliphatic heterocycles. The van der Waals surface area contributed by atoms with Crippen molar-refractivity contribution >= 4 is 17.5 Å². The van der Waals surface area contributed by atoms with Gasteiger partial charge in [0.1, 0.15) is 0 Å². The number of nitrogens with one attached hydrogen (secondary N) is 2. The highest BCUT2D eigenvalue weighted by molar-refractivity contribution is 5.98. The Hall–Kier alpha value is -1.84. The number of fused-ring (bicyclic) bond motifs is 2. The van der Waals surface area contributed by atoms with E-state index in [0.29, 0.717) is 17.2 Å². The van der Waals surface area contributed by atoms with Gasteiger partial charge in [0, 0.05) is 23.2 Å². The molecule has 4 nitrogen and oxygen atoms in total. The van der Waals surface area contributed by atoms with Crippen LogP contribution < -0.4 is 10.6 Å². The highest BCUT2D eigenvalue weighted by Crippen LogP contribution is 2.49. The van der Waals surface area contributed by atoms with Crippen LogP contribution in [0.15, 0.2) is 24.3 Å². The minimum Gasteiger partial charge on any atom is -0.349 e. The molecule has 2 N–H and O–H groups in total. The van der Waals surface area contributed by atoms with E-state index in [1.807, 2.05) is 18.2 Å². The van der Waals surface area contributed by atoms with Crippen LogP contribution in [0.4, 0.5) is 5.69 Å². The number of carbonyl (C=O) groups is 2. The average molecular weight is 326 g/mol. The molecule has 4 rings (SSSR count). The zero-order valence-corrected chi connectivity index (χ0v) is 14.3. The molecule has 3 aliphatic carbocycles. The van der Waals surface area contributed by atoms with Gasteiger partial charge in [-0.15, -0.1) is 0 Å². The monoisotopic (exact) mass is 326 g/mol. The summed E-state index contributed by atoms with van der Waals surface area (Å²) in [5.74, 6) is 2.52. The molecule has 1 aromatic carbocycles. The Morgan fingerprint density at radius 3 is 2.62 bits per heavy atom. The molecule has 2 bridgehead atoms. The molecule has 3 fully saturated rings. The van der Waals surface area contributed by atoms with Gasteiger partial charge >= 0.3 is 0 Å². The first-order chi connectivity index (χ1) is 11.6. The minimum absolute atomic E-state index is 0.0344. The van der Waals surface area contributed by atoms with E-state index in [9.17, 15) is 9.59 Å². The fourth-order valence-corrected chi connectivity index (χ4v) is 4.63. The van der Waals surface area contributed by atoms with Crippen LogP contribution in [0.25, 0.3) is 0 Å². The normalized spacial score (nSPS) is 29.3. The van der Waals surface area contributed by atoms with Gasteiger partial charge in [0.15, 0.2) is 0 Å². The lowest BCUT2D eigenvalue weighted by molar-refractivity contribution is -0.117. The Labute approximate surface area is 143 Å². The van der Waals surface area contributed by atoms with Gasteiger partial charge in [-0.25, -0.2) is 0 Å². The first-order valence-electron chi connectivity index (χ1n) is 9.32. The zero-order valence-electron chi connectivity index (χ0n) is 14.3. The molecule has 3 aliphatic rings. The Bertz CT molecular complexity index is 653. The van der Waals surface area contributed by atoms with Crippen LogP contribution in [-0.4, -0.2) is 17.9 Å². The van der Waals surface area contributed by atoms with Gasteiger partial charge < -0.3 is 10.6 Å². The number of anilines is 1. The first-order valence-corrected chi connectivity index (χ1v) is 9.32. The van der Waals surface area contributed by atoms with E-state index >= 15 is 0 Å². The SMILES string of the molecule is CC(NC(=O)c1cccc(NC(=O)C2CC2)c1)C1CC2CCC1C2. The number of amides is 2. The van der Waals surface area contributed by atoms with E-state index < -0.39 is 0 Å². The Morgan fingerprint density at radius 1 is 1.12 bits per heavy atom. The largest absolute Gasteiger partial charge is 0.349 e. The molecular formula is C20H26N2O2. The van der Waals surface area contributed by atoms with Gasteiger partial charge in [0.25, 0.3) is 5.91 Å². The minimum atomic E-state index is -0.0344. The molecule has 4 heteroatoms. The lowest BCUT2D eigenvalue weighted by atomic mass is 9.84. The van der Waals surface area contributed by atoms with Crippen molar-refractivity contribution in [2.75, 3.05) is 5.32 Å². The summed E-state index contributed by atoms with van der Waals surface area (Å²) in [7, 11) is 0. The summed E-state index contributed by atoms with van der Waals surface area (Å²) in [6.07, 6.45) is 7.29. The van der Waals surface area contributed by atoms with Gasteiger partial charge in [-0.3, -0.25) is 9.59 Å². The Morgan fingerprint density at radius 2 is 1.96 bits per heavy atom. The van der Waals surface area contributed by atoms with Crippen molar-refractivity contribution < 1.29 is 9.59 Å². The summed E-state index contributed by atoms with van der Waals surface area (Å²) in [4.78, 5) is 24.4. The topological polar surface area (TPSA) is 58.2 Å². The molecule has 24 heavy (non-hydrogen) atoms. The third-order valence-electron chi connectivity index (χ3n) is 6.13. The second-order valence-corrected chi connectivity index (χ2v) is 7.95. The second-order valence-electron chi connectivity index (χ2n) is 7.95. The summed E-state index contributed by atoms with van der Waals surface area (Å²) in [6.45, 7) is 2.14. The fourth-order valence-electron chi connectivity index (χ4n) is 4.63. The molecule has 0 saturated heterocycles. The highest BCUT2D eigenvalue weighted by Gasteiger charge is 2.42. The van der Waals surface area contributed by atoms with Crippen LogP contribution in [-0.2, 0) is 4.79 Å². The lowest BCUT2D eigenvalue weighted by Crippen LogP contribution is -2.40. The second kappa shape index (κ2) is 6.23. The molecule has 0 radical (unpaired) electrons. The summed E-state index contributed by atoms with van der Waals surface area (Å²) in [6, 6.07) is 7.49. The zero-order chi connectivity index (χ0) is 16.7. The Kier molecular flexibility index (Phi) is 4.07. The van der Waals surface area contributed by atoms with Gasteiger partial charge in [0.2, 0.25) is 5.91 Å². The first kappa shape index (κ1) is 15.7. The smallest absolute Gasteiger partial charge is 0.251 e. The molecule has 0 aromatic heterocycles. The van der Waals surface area contributed by atoms with E-state index in [1.165, 1.54) is 25.7 Å². The van der Waals surface area contributed by atoms with Gasteiger partial charge in [-0.1, -0.05) is 12.5 Å². The Balaban J connectivity index is 1.37. The molecule has 3 saturated carbocycles. The summed E-state index contributed by atoms with van der Waals surface area (Å²) in [5.41, 5.74) is 1.34. The summed E-state index contributed by atoms with van der Waals surface area (Å²) in [5, 5.41) is 6.10. The average Bonchev–Trinajstić information content (AvgIpc) is 3.22. The number of carbonyl (C=O) groups excluding carboxylic acids is 2. The molecule has 128 valence electrons. The van der Waals surface area contributed by atoms with Gasteiger partial charge in [-0.2, -0.15) is 0 Å². The quantitative estimate of drug-likeness (QED) is 0.869. The van der Waals surface area contributed by atoms with Crippen molar-refractivity contribution in [2.45, 2.75) is 51.5 Å². The predicted octanol–water partition coefficient (Wildman–Crippen LogP) is 3.59. The van der Waals surface area contributed by atoms with Crippen molar-refractivity contribution in [3.05, 3.63) is 29.8 Å². The van der Waals surface area contributed by atoms with E-state index in [2.05, 4.69) is 17.6 Å². The number of hydrogen-bond acceptors (Lipinski definition) is 2. The molecule has 0 heterocycles. The van der Waals surface area contributed by atoms with E-state index in [-0.39, 0.29) is 23.8 Å². The van der Waals surface area contributed by atoms with Crippen molar-refractivity contribution in [3.63, 3.8) is 0 Å². The number of benzene rings is 1. The fraction of sp³-hybridized carbons (Fsp3) is 0.600. The van der Waals surface area contributed by atoms with E-state index in [0.717, 1.165) is 24.7 Å². The number of rotatable bonds is 5. The van der Waals surface area contributed by atoms with Crippen LogP contribution >= 0.6 is 0 Å². The van der Waals surface area contributed by atoms with Gasteiger partial charge in [-0.05, 0) is 75.0 Å². The molecule has 1 aromatic rings. The van der Waals surface area contributed by atoms with Crippen LogP contribution in [0.5, 0.6) is 0 Å².